The molecule has 0 fully saturated rings. The molecule has 0 bridgehead atoms. The average molecular weight is 502 g/mol. The van der Waals surface area contributed by atoms with E-state index in [1.807, 2.05) is 43.3 Å². The van der Waals surface area contributed by atoms with Gasteiger partial charge in [0.05, 0.1) is 23.8 Å². The molecule has 9 heteroatoms. The number of carbonyl (C=O) groups is 4. The highest BCUT2D eigenvalue weighted by molar-refractivity contribution is 6.11. The smallest absolute Gasteiger partial charge is 0.238 e. The summed E-state index contributed by atoms with van der Waals surface area (Å²) in [6.45, 7) is 3.58. The number of rotatable bonds is 7. The number of likely N-dealkylation sites (N-methyl/N-ethyl adjacent to an activating group) is 1. The van der Waals surface area contributed by atoms with Crippen LogP contribution in [0.1, 0.15) is 24.5 Å². The topological polar surface area (TPSA) is 139 Å². The molecule has 0 saturated carbocycles. The number of benzene rings is 3. The van der Waals surface area contributed by atoms with E-state index in [1.54, 1.807) is 43.1 Å². The minimum Gasteiger partial charge on any atom is -0.369 e. The number of anilines is 2. The van der Waals surface area contributed by atoms with Crippen molar-refractivity contribution in [1.29, 1.82) is 0 Å². The number of nitrogens with one attached hydrogen (secondary N) is 1. The van der Waals surface area contributed by atoms with Crippen molar-refractivity contribution in [2.75, 3.05) is 23.4 Å². The van der Waals surface area contributed by atoms with Crippen LogP contribution in [0, 0.1) is 12.8 Å². The average Bonchev–Trinajstić information content (AvgIpc) is 2.99. The first-order valence-corrected chi connectivity index (χ1v) is 12.0. The van der Waals surface area contributed by atoms with E-state index >= 15 is 0 Å². The second-order valence-corrected chi connectivity index (χ2v) is 9.51. The van der Waals surface area contributed by atoms with E-state index in [-0.39, 0.29) is 19.0 Å². The number of carbonyl (C=O) groups excluding carboxylic acids is 4. The molecule has 0 aliphatic carbocycles. The summed E-state index contributed by atoms with van der Waals surface area (Å²) in [5.41, 5.74) is 12.5. The Labute approximate surface area is 215 Å². The Hall–Kier alpha value is -4.24. The van der Waals surface area contributed by atoms with Crippen LogP contribution in [0.25, 0.3) is 10.8 Å². The minimum atomic E-state index is -1.48. The minimum absolute atomic E-state index is 0.159. The largest absolute Gasteiger partial charge is 0.369 e. The standard InChI is InChI=1S/C28H31N5O4/c1-17-12-13-18-8-4-5-9-19(18)20(17)15-33-23-11-7-6-10-22(23)32(25(35)14-24(29)34)16-21(26(33)36)28(2,31-3)27(30)37/h4-13,21,31H,14-16H2,1-3H3,(H2,29,34)(H2,30,37)/t21-,28?/m1/s1. The van der Waals surface area contributed by atoms with Gasteiger partial charge in [-0.1, -0.05) is 48.5 Å². The van der Waals surface area contributed by atoms with Crippen molar-refractivity contribution >= 4 is 45.8 Å². The first-order chi connectivity index (χ1) is 17.6. The molecule has 37 heavy (non-hydrogen) atoms. The van der Waals surface area contributed by atoms with Crippen molar-refractivity contribution < 1.29 is 19.2 Å². The van der Waals surface area contributed by atoms with Crippen LogP contribution in [0.4, 0.5) is 11.4 Å². The quantitative estimate of drug-likeness (QED) is 0.425. The third-order valence-corrected chi connectivity index (χ3v) is 7.34. The number of aryl methyl sites for hydroxylation is 1. The molecule has 5 N–H and O–H groups in total. The predicted molar refractivity (Wildman–Crippen MR) is 143 cm³/mol. The summed E-state index contributed by atoms with van der Waals surface area (Å²) in [6.07, 6.45) is -0.537. The van der Waals surface area contributed by atoms with Gasteiger partial charge in [0.15, 0.2) is 0 Å². The summed E-state index contributed by atoms with van der Waals surface area (Å²) in [5.74, 6) is -3.50. The van der Waals surface area contributed by atoms with Crippen LogP contribution in [0.5, 0.6) is 0 Å². The number of primary amides is 2. The molecule has 1 heterocycles. The molecule has 0 saturated heterocycles. The summed E-state index contributed by atoms with van der Waals surface area (Å²) in [4.78, 5) is 54.8. The maximum atomic E-state index is 14.3. The number of nitrogens with two attached hydrogens (primary N) is 2. The lowest BCUT2D eigenvalue weighted by Crippen LogP contribution is -2.63. The number of amides is 4. The molecule has 0 radical (unpaired) electrons. The molecule has 2 atom stereocenters. The molecule has 3 aromatic rings. The van der Waals surface area contributed by atoms with E-state index in [2.05, 4.69) is 5.32 Å². The summed E-state index contributed by atoms with van der Waals surface area (Å²) in [6, 6.07) is 19.0. The number of para-hydroxylation sites is 2. The monoisotopic (exact) mass is 501 g/mol. The zero-order chi connectivity index (χ0) is 26.9. The van der Waals surface area contributed by atoms with Crippen molar-refractivity contribution in [2.24, 2.45) is 17.4 Å². The molecule has 1 aliphatic heterocycles. The van der Waals surface area contributed by atoms with E-state index in [1.165, 1.54) is 4.90 Å². The Bertz CT molecular complexity index is 1400. The normalized spacial score (nSPS) is 17.2. The molecule has 0 spiro atoms. The van der Waals surface area contributed by atoms with Gasteiger partial charge in [-0.25, -0.2) is 0 Å². The fraction of sp³-hybridized carbons (Fsp3) is 0.286. The lowest BCUT2D eigenvalue weighted by Gasteiger charge is -2.36. The highest BCUT2D eigenvalue weighted by atomic mass is 16.2. The lowest BCUT2D eigenvalue weighted by atomic mass is 9.83. The van der Waals surface area contributed by atoms with Crippen LogP contribution in [0.3, 0.4) is 0 Å². The van der Waals surface area contributed by atoms with Crippen LogP contribution >= 0.6 is 0 Å². The fourth-order valence-electron chi connectivity index (χ4n) is 4.94. The molecular weight excluding hydrogens is 470 g/mol. The summed E-state index contributed by atoms with van der Waals surface area (Å²) in [7, 11) is 1.55. The zero-order valence-electron chi connectivity index (χ0n) is 21.2. The number of hydrogen-bond acceptors (Lipinski definition) is 5. The van der Waals surface area contributed by atoms with Crippen LogP contribution in [0.15, 0.2) is 60.7 Å². The van der Waals surface area contributed by atoms with Gasteiger partial charge in [0.2, 0.25) is 23.6 Å². The first kappa shape index (κ1) is 25.8. The van der Waals surface area contributed by atoms with Crippen molar-refractivity contribution in [1.82, 2.24) is 5.32 Å². The van der Waals surface area contributed by atoms with Crippen molar-refractivity contribution in [3.8, 4) is 0 Å². The van der Waals surface area contributed by atoms with Crippen LogP contribution in [0.2, 0.25) is 0 Å². The molecule has 1 aliphatic rings. The Kier molecular flexibility index (Phi) is 7.00. The fourth-order valence-corrected chi connectivity index (χ4v) is 4.94. The molecule has 192 valence electrons. The highest BCUT2D eigenvalue weighted by Gasteiger charge is 2.48. The van der Waals surface area contributed by atoms with Crippen molar-refractivity contribution in [3.05, 3.63) is 71.8 Å². The molecule has 4 rings (SSSR count). The van der Waals surface area contributed by atoms with Gasteiger partial charge < -0.3 is 26.6 Å². The summed E-state index contributed by atoms with van der Waals surface area (Å²) in [5, 5.41) is 4.94. The van der Waals surface area contributed by atoms with E-state index in [9.17, 15) is 19.2 Å². The first-order valence-electron chi connectivity index (χ1n) is 12.0. The zero-order valence-corrected chi connectivity index (χ0v) is 21.2. The number of fused-ring (bicyclic) bond motifs is 2. The molecular formula is C28H31N5O4. The second kappa shape index (κ2) is 10.0. The van der Waals surface area contributed by atoms with Gasteiger partial charge in [0.25, 0.3) is 0 Å². The van der Waals surface area contributed by atoms with E-state index < -0.39 is 35.6 Å². The van der Waals surface area contributed by atoms with Gasteiger partial charge in [-0.2, -0.15) is 0 Å². The highest BCUT2D eigenvalue weighted by Crippen LogP contribution is 2.39. The third kappa shape index (κ3) is 4.65. The van der Waals surface area contributed by atoms with Crippen LogP contribution in [-0.4, -0.2) is 42.8 Å². The number of hydrogen-bond donors (Lipinski definition) is 3. The van der Waals surface area contributed by atoms with Gasteiger partial charge in [0.1, 0.15) is 12.0 Å². The molecule has 9 nitrogen and oxygen atoms in total. The SMILES string of the molecule is CNC(C)(C(N)=O)[C@@H]1CN(C(=O)CC(N)=O)c2ccccc2N(Cc2c(C)ccc3ccccc23)C1=O. The molecule has 4 amide bonds. The predicted octanol–water partition coefficient (Wildman–Crippen LogP) is 1.98. The molecule has 0 aromatic heterocycles. The van der Waals surface area contributed by atoms with E-state index in [0.29, 0.717) is 11.4 Å². The van der Waals surface area contributed by atoms with Crippen molar-refractivity contribution in [3.63, 3.8) is 0 Å². The molecule has 3 aromatic carbocycles. The summed E-state index contributed by atoms with van der Waals surface area (Å²) < 4.78 is 0. The van der Waals surface area contributed by atoms with Gasteiger partial charge in [-0.3, -0.25) is 19.2 Å². The van der Waals surface area contributed by atoms with Gasteiger partial charge >= 0.3 is 0 Å². The maximum Gasteiger partial charge on any atom is 0.238 e. The second-order valence-electron chi connectivity index (χ2n) is 9.51. The van der Waals surface area contributed by atoms with E-state index in [4.69, 9.17) is 11.5 Å². The van der Waals surface area contributed by atoms with Crippen molar-refractivity contribution in [2.45, 2.75) is 32.4 Å². The number of nitrogens with zero attached hydrogens (tertiary/aromatic N) is 2. The maximum absolute atomic E-state index is 14.3. The Balaban J connectivity index is 1.93. The lowest BCUT2D eigenvalue weighted by molar-refractivity contribution is -0.134. The van der Waals surface area contributed by atoms with Gasteiger partial charge in [-0.15, -0.1) is 0 Å². The van der Waals surface area contributed by atoms with E-state index in [0.717, 1.165) is 21.9 Å². The Morgan fingerprint density at radius 2 is 1.65 bits per heavy atom. The molecule has 1 unspecified atom stereocenters. The van der Waals surface area contributed by atoms with Crippen LogP contribution < -0.4 is 26.6 Å². The Morgan fingerprint density at radius 1 is 1.00 bits per heavy atom. The third-order valence-electron chi connectivity index (χ3n) is 7.34. The Morgan fingerprint density at radius 3 is 2.30 bits per heavy atom. The van der Waals surface area contributed by atoms with Gasteiger partial charge in [0, 0.05) is 6.54 Å². The summed E-state index contributed by atoms with van der Waals surface area (Å²) >= 11 is 0. The van der Waals surface area contributed by atoms with Crippen LogP contribution in [-0.2, 0) is 25.7 Å². The van der Waals surface area contributed by atoms with Gasteiger partial charge in [-0.05, 0) is 54.9 Å².